The summed E-state index contributed by atoms with van der Waals surface area (Å²) in [7, 11) is 0. The number of aliphatic hydroxyl groups excluding tert-OH is 1. The summed E-state index contributed by atoms with van der Waals surface area (Å²) >= 11 is 0. The predicted octanol–water partition coefficient (Wildman–Crippen LogP) is 1.60. The van der Waals surface area contributed by atoms with E-state index in [1.807, 2.05) is 0 Å². The number of pyridine rings is 1. The Hall–Kier alpha value is -1.81. The minimum absolute atomic E-state index is 0.0378. The molecular weight excluding hydrogens is 235 g/mol. The SMILES string of the molecule is Cc1ccc(C#N)c(NCC(O)C(F)(F)F)n1. The van der Waals surface area contributed by atoms with Crippen LogP contribution in [0.2, 0.25) is 0 Å². The molecule has 1 rings (SSSR count). The van der Waals surface area contributed by atoms with Crippen molar-refractivity contribution in [2.24, 2.45) is 0 Å². The Labute approximate surface area is 95.7 Å². The van der Waals surface area contributed by atoms with Gasteiger partial charge in [-0.1, -0.05) is 0 Å². The highest BCUT2D eigenvalue weighted by Crippen LogP contribution is 2.20. The minimum atomic E-state index is -4.69. The van der Waals surface area contributed by atoms with E-state index in [1.165, 1.54) is 6.07 Å². The molecule has 0 aliphatic heterocycles. The van der Waals surface area contributed by atoms with Crippen LogP contribution in [-0.2, 0) is 0 Å². The molecule has 0 fully saturated rings. The second-order valence-corrected chi connectivity index (χ2v) is 3.40. The summed E-state index contributed by atoms with van der Waals surface area (Å²) in [6.07, 6.45) is -7.18. The second-order valence-electron chi connectivity index (χ2n) is 3.40. The first-order chi connectivity index (χ1) is 7.84. The van der Waals surface area contributed by atoms with Gasteiger partial charge in [-0.2, -0.15) is 18.4 Å². The molecule has 0 saturated carbocycles. The molecular formula is C10H10F3N3O. The highest BCUT2D eigenvalue weighted by Gasteiger charge is 2.37. The van der Waals surface area contributed by atoms with Crippen molar-refractivity contribution in [1.29, 1.82) is 5.26 Å². The molecule has 4 nitrogen and oxygen atoms in total. The van der Waals surface area contributed by atoms with Gasteiger partial charge < -0.3 is 10.4 Å². The molecule has 1 heterocycles. The van der Waals surface area contributed by atoms with Crippen molar-refractivity contribution in [3.8, 4) is 6.07 Å². The zero-order valence-electron chi connectivity index (χ0n) is 8.91. The van der Waals surface area contributed by atoms with Crippen LogP contribution in [0.4, 0.5) is 19.0 Å². The molecule has 0 saturated heterocycles. The van der Waals surface area contributed by atoms with Gasteiger partial charge in [-0.25, -0.2) is 4.98 Å². The van der Waals surface area contributed by atoms with E-state index in [0.717, 1.165) is 0 Å². The Balaban J connectivity index is 2.76. The molecule has 1 aromatic rings. The van der Waals surface area contributed by atoms with Crippen LogP contribution >= 0.6 is 0 Å². The number of aliphatic hydroxyl groups is 1. The molecule has 0 aromatic carbocycles. The van der Waals surface area contributed by atoms with Gasteiger partial charge in [-0.15, -0.1) is 0 Å². The van der Waals surface area contributed by atoms with Crippen molar-refractivity contribution < 1.29 is 18.3 Å². The molecule has 1 atom stereocenters. The fourth-order valence-corrected chi connectivity index (χ4v) is 1.09. The first kappa shape index (κ1) is 13.3. The average Bonchev–Trinajstić information content (AvgIpc) is 2.24. The van der Waals surface area contributed by atoms with Crippen molar-refractivity contribution in [3.63, 3.8) is 0 Å². The lowest BCUT2D eigenvalue weighted by Crippen LogP contribution is -2.35. The molecule has 7 heteroatoms. The lowest BCUT2D eigenvalue weighted by Gasteiger charge is -2.15. The number of aromatic nitrogens is 1. The van der Waals surface area contributed by atoms with E-state index in [1.54, 1.807) is 19.1 Å². The highest BCUT2D eigenvalue weighted by molar-refractivity contribution is 5.52. The van der Waals surface area contributed by atoms with E-state index >= 15 is 0 Å². The quantitative estimate of drug-likeness (QED) is 0.848. The molecule has 0 amide bonds. The van der Waals surface area contributed by atoms with Crippen molar-refractivity contribution in [2.75, 3.05) is 11.9 Å². The van der Waals surface area contributed by atoms with Gasteiger partial charge in [-0.05, 0) is 19.1 Å². The van der Waals surface area contributed by atoms with Gasteiger partial charge in [0.25, 0.3) is 0 Å². The van der Waals surface area contributed by atoms with Crippen LogP contribution in [-0.4, -0.2) is 28.9 Å². The fraction of sp³-hybridized carbons (Fsp3) is 0.400. The summed E-state index contributed by atoms with van der Waals surface area (Å²) < 4.78 is 36.1. The number of rotatable bonds is 3. The molecule has 92 valence electrons. The molecule has 0 bridgehead atoms. The molecule has 0 spiro atoms. The van der Waals surface area contributed by atoms with Crippen LogP contribution in [0.15, 0.2) is 12.1 Å². The van der Waals surface area contributed by atoms with Gasteiger partial charge >= 0.3 is 6.18 Å². The van der Waals surface area contributed by atoms with Crippen LogP contribution in [0.3, 0.4) is 0 Å². The fourth-order valence-electron chi connectivity index (χ4n) is 1.09. The van der Waals surface area contributed by atoms with Gasteiger partial charge in [0.1, 0.15) is 11.9 Å². The summed E-state index contributed by atoms with van der Waals surface area (Å²) in [5.74, 6) is 0.0378. The highest BCUT2D eigenvalue weighted by atomic mass is 19.4. The van der Waals surface area contributed by atoms with E-state index in [9.17, 15) is 13.2 Å². The number of nitriles is 1. The summed E-state index contributed by atoms with van der Waals surface area (Å²) in [5, 5.41) is 19.8. The smallest absolute Gasteiger partial charge is 0.382 e. The standard InChI is InChI=1S/C10H10F3N3O/c1-6-2-3-7(4-14)9(16-6)15-5-8(17)10(11,12)13/h2-3,8,17H,5H2,1H3,(H,15,16). The van der Waals surface area contributed by atoms with Crippen molar-refractivity contribution in [2.45, 2.75) is 19.2 Å². The lowest BCUT2D eigenvalue weighted by atomic mass is 10.2. The Morgan fingerprint density at radius 1 is 1.53 bits per heavy atom. The summed E-state index contributed by atoms with van der Waals surface area (Å²) in [4.78, 5) is 3.89. The number of hydrogen-bond acceptors (Lipinski definition) is 4. The van der Waals surface area contributed by atoms with Gasteiger partial charge in [0.2, 0.25) is 0 Å². The molecule has 1 aromatic heterocycles. The van der Waals surface area contributed by atoms with Crippen LogP contribution in [0.5, 0.6) is 0 Å². The van der Waals surface area contributed by atoms with Crippen LogP contribution in [0.25, 0.3) is 0 Å². The number of nitrogens with one attached hydrogen (secondary N) is 1. The number of hydrogen-bond donors (Lipinski definition) is 2. The largest absolute Gasteiger partial charge is 0.416 e. The molecule has 0 radical (unpaired) electrons. The molecule has 2 N–H and O–H groups in total. The third-order valence-electron chi connectivity index (χ3n) is 2.00. The monoisotopic (exact) mass is 245 g/mol. The summed E-state index contributed by atoms with van der Waals surface area (Å²) in [6, 6.07) is 4.82. The third kappa shape index (κ3) is 3.60. The Kier molecular flexibility index (Phi) is 3.91. The summed E-state index contributed by atoms with van der Waals surface area (Å²) in [6.45, 7) is 0.904. The number of halogens is 3. The Bertz CT molecular complexity index is 439. The van der Waals surface area contributed by atoms with Crippen molar-refractivity contribution in [1.82, 2.24) is 4.98 Å². The molecule has 1 unspecified atom stereocenters. The summed E-state index contributed by atoms with van der Waals surface area (Å²) in [5.41, 5.74) is 0.693. The van der Waals surface area contributed by atoms with Gasteiger partial charge in [0.05, 0.1) is 12.1 Å². The van der Waals surface area contributed by atoms with Crippen LogP contribution < -0.4 is 5.32 Å². The van der Waals surface area contributed by atoms with Crippen molar-refractivity contribution >= 4 is 5.82 Å². The Morgan fingerprint density at radius 2 is 2.18 bits per heavy atom. The van der Waals surface area contributed by atoms with Gasteiger partial charge in [-0.3, -0.25) is 0 Å². The molecule has 0 aliphatic rings. The van der Waals surface area contributed by atoms with Gasteiger partial charge in [0.15, 0.2) is 6.10 Å². The van der Waals surface area contributed by atoms with E-state index in [-0.39, 0.29) is 11.4 Å². The first-order valence-corrected chi connectivity index (χ1v) is 4.71. The van der Waals surface area contributed by atoms with Crippen LogP contribution in [0, 0.1) is 18.3 Å². The maximum Gasteiger partial charge on any atom is 0.416 e. The predicted molar refractivity (Wildman–Crippen MR) is 54.2 cm³/mol. The van der Waals surface area contributed by atoms with Gasteiger partial charge in [0, 0.05) is 5.69 Å². The normalized spacial score (nSPS) is 12.9. The van der Waals surface area contributed by atoms with Crippen molar-refractivity contribution in [3.05, 3.63) is 23.4 Å². The average molecular weight is 245 g/mol. The number of nitrogens with zero attached hydrogens (tertiary/aromatic N) is 2. The van der Waals surface area contributed by atoms with E-state index in [0.29, 0.717) is 5.69 Å². The maximum atomic E-state index is 12.0. The second kappa shape index (κ2) is 5.01. The molecule has 17 heavy (non-hydrogen) atoms. The topological polar surface area (TPSA) is 68.9 Å². The van der Waals surface area contributed by atoms with E-state index < -0.39 is 18.8 Å². The van der Waals surface area contributed by atoms with Crippen LogP contribution in [0.1, 0.15) is 11.3 Å². The lowest BCUT2D eigenvalue weighted by molar-refractivity contribution is -0.198. The zero-order chi connectivity index (χ0) is 13.1. The number of alkyl halides is 3. The van der Waals surface area contributed by atoms with E-state index in [4.69, 9.17) is 10.4 Å². The first-order valence-electron chi connectivity index (χ1n) is 4.71. The van der Waals surface area contributed by atoms with E-state index in [2.05, 4.69) is 10.3 Å². The minimum Gasteiger partial charge on any atom is -0.382 e. The zero-order valence-corrected chi connectivity index (χ0v) is 8.91. The Morgan fingerprint density at radius 3 is 2.71 bits per heavy atom. The molecule has 0 aliphatic carbocycles. The maximum absolute atomic E-state index is 12.0. The number of aryl methyl sites for hydroxylation is 1. The third-order valence-corrected chi connectivity index (χ3v) is 2.00. The number of anilines is 1.